The third kappa shape index (κ3) is 13.2. The Bertz CT molecular complexity index is 5240. The number of fused-ring (bicyclic) bond motifs is 4. The molecule has 24 atom stereocenters. The molecule has 28 nitrogen and oxygen atoms in total. The molecule has 4 unspecified atom stereocenters. The van der Waals surface area contributed by atoms with Gasteiger partial charge in [-0.05, 0) is 148 Å². The SMILES string of the molecule is CC(=O)n1cccc1.CC(=O)n1cccc1.CC[C@]12C=CCN3CC[C@@]4(c5ccc(OC)cc5N(C)[C@H]4[C@](O)(CO)[C@@H]1O)C32.CC[C@]12C=CCN3CC[C@@]4(c5ccc(OC)cc5N(C)[C@H]4[C@](O)(CO)[C@@H]1O)C32.CC[C@]12C=CCN3CC[C@@]4(c5ccc(OC)cc5N(C)[C@H]4[C@](O)(COC(C)=O)[C@@H]1C)C32.CC[C@]12C=CCN3CC[C@@]4(c5ccc(OC)cc5N(C)[C@H]4[C@](O)(COC(C)=O)[C@@H]1C)C32.[2HH].[2HH]. The van der Waals surface area contributed by atoms with Gasteiger partial charge in [-0.25, -0.2) is 0 Å². The summed E-state index contributed by atoms with van der Waals surface area (Å²) in [7, 11) is 14.8. The molecule has 12 aliphatic heterocycles. The summed E-state index contributed by atoms with van der Waals surface area (Å²) in [5.41, 5.74) is 0.870. The standard InChI is InChI=1S/2C25H34N2O4.2C22H30N2O4.2C6H7NO.2H2/c2*1-6-23-10-7-12-27-13-11-24(21(23)27)19-9-8-18(30-5)14-20(19)26(4)22(24)25(29,16(23)2)15-31-17(3)28;2*1-4-20-8-5-10-24-11-9-21(17(20)24)15-7-6-14(28-3)12-16(15)23(2)18(21)22(27,13-25)19(20)26;2*1-6(8)7-4-2-3-5-7;;/h2*7-10,14,16,21-22,29H,6,11-13,15H2,1-5H3;2*5-8,12,17-19,25-27H,4,9-11,13H2,1-3H3;2*2-5H,1H3;2*1H/t2*16-,21?,22-,23+,24-,25+;2*17?,18-,19-,20-,21-,22-;;;;/m1111..../s1/i;;;;;;2*1+1. The van der Waals surface area contributed by atoms with Gasteiger partial charge in [0.25, 0.3) is 0 Å². The van der Waals surface area contributed by atoms with E-state index in [2.05, 4.69) is 180 Å². The van der Waals surface area contributed by atoms with Crippen LogP contribution >= 0.6 is 0 Å². The molecule has 28 heteroatoms. The van der Waals surface area contributed by atoms with E-state index in [1.807, 2.05) is 74.8 Å². The number of methoxy groups -OCH3 is 4. The highest BCUT2D eigenvalue weighted by Crippen LogP contribution is 2.73. The van der Waals surface area contributed by atoms with Gasteiger partial charge >= 0.3 is 11.9 Å². The van der Waals surface area contributed by atoms with E-state index in [1.165, 1.54) is 59.1 Å². The van der Waals surface area contributed by atoms with Crippen molar-refractivity contribution in [2.24, 2.45) is 33.5 Å². The molecule has 0 radical (unpaired) electrons. The fourth-order valence-corrected chi connectivity index (χ4v) is 31.4. The second-order valence-electron chi connectivity index (χ2n) is 41.1. The van der Waals surface area contributed by atoms with Crippen LogP contribution in [0, 0.1) is 33.5 Å². The van der Waals surface area contributed by atoms with Crippen LogP contribution in [-0.2, 0) is 40.7 Å². The first-order chi connectivity index (χ1) is 63.9. The minimum absolute atomic E-state index is 0. The van der Waals surface area contributed by atoms with E-state index < -0.39 is 70.7 Å². The number of hydrogen-bond acceptors (Lipinski definition) is 26. The largest absolute Gasteiger partial charge is 0.497 e. The number of carbonyl (C=O) groups excluding carboxylic acids is 4. The minimum Gasteiger partial charge on any atom is -0.497 e. The molecule has 728 valence electrons. The lowest BCUT2D eigenvalue weighted by molar-refractivity contribution is -0.213. The van der Waals surface area contributed by atoms with E-state index in [9.17, 15) is 60.0 Å². The molecule has 0 bridgehead atoms. The summed E-state index contributed by atoms with van der Waals surface area (Å²) in [6.07, 6.45) is 29.6. The van der Waals surface area contributed by atoms with Crippen molar-refractivity contribution in [2.45, 2.75) is 225 Å². The first kappa shape index (κ1) is 96.3. The van der Waals surface area contributed by atoms with Gasteiger partial charge in [0.05, 0.1) is 78.0 Å². The maximum Gasteiger partial charge on any atom is 0.302 e. The smallest absolute Gasteiger partial charge is 0.302 e. The number of aliphatic hydroxyl groups excluding tert-OH is 4. The van der Waals surface area contributed by atoms with Crippen molar-refractivity contribution in [2.75, 3.05) is 155 Å². The molecule has 4 aliphatic carbocycles. The van der Waals surface area contributed by atoms with Gasteiger partial charge in [0, 0.05) is 236 Å². The number of rotatable bonds is 14. The summed E-state index contributed by atoms with van der Waals surface area (Å²) in [5, 5.41) is 92.4. The second kappa shape index (κ2) is 34.9. The Morgan fingerprint density at radius 2 is 0.612 bits per heavy atom. The highest BCUT2D eigenvalue weighted by molar-refractivity contribution is 5.78. The van der Waals surface area contributed by atoms with Crippen LogP contribution in [0.15, 0.2) is 170 Å². The summed E-state index contributed by atoms with van der Waals surface area (Å²) in [4.78, 5) is 63.3. The lowest BCUT2D eigenvalue weighted by Crippen LogP contribution is -2.79. The number of aromatic nitrogens is 2. The first-order valence-corrected chi connectivity index (χ1v) is 48.3. The topological polar surface area (TPSA) is 321 Å². The van der Waals surface area contributed by atoms with Crippen molar-refractivity contribution < 1.29 is 91.3 Å². The normalized spacial score (nSPS) is 38.0. The molecule has 8 N–H and O–H groups in total. The number of esters is 2. The number of carbonyl (C=O) groups is 4. The third-order valence-electron chi connectivity index (χ3n) is 36.5. The summed E-state index contributed by atoms with van der Waals surface area (Å²) in [5.74, 6) is 2.41. The van der Waals surface area contributed by atoms with Gasteiger partial charge in [-0.2, -0.15) is 0 Å². The van der Waals surface area contributed by atoms with Gasteiger partial charge in [0.2, 0.25) is 11.8 Å². The van der Waals surface area contributed by atoms with Gasteiger partial charge in [0.1, 0.15) is 58.6 Å². The van der Waals surface area contributed by atoms with Crippen LogP contribution in [0.4, 0.5) is 22.7 Å². The molecule has 14 heterocycles. The summed E-state index contributed by atoms with van der Waals surface area (Å²) >= 11 is 0. The van der Waals surface area contributed by atoms with Crippen molar-refractivity contribution in [3.05, 3.63) is 193 Å². The molecular formula is C106H146N10O18. The van der Waals surface area contributed by atoms with Crippen LogP contribution in [0.2, 0.25) is 0 Å². The fourth-order valence-electron chi connectivity index (χ4n) is 31.4. The Morgan fingerprint density at radius 3 is 0.828 bits per heavy atom. The zero-order valence-electron chi connectivity index (χ0n) is 81.4. The Labute approximate surface area is 791 Å². The number of likely N-dealkylation sites (N-methyl/N-ethyl adjacent to an activating group) is 4. The molecule has 4 saturated heterocycles. The summed E-state index contributed by atoms with van der Waals surface area (Å²) in [6, 6.07) is 31.8. The average molecular weight is 1850 g/mol. The molecular weight excluding hydrogens is 1700 g/mol. The van der Waals surface area contributed by atoms with E-state index in [4.69, 9.17) is 28.4 Å². The van der Waals surface area contributed by atoms with Gasteiger partial charge in [-0.1, -0.05) is 114 Å². The third-order valence-corrected chi connectivity index (χ3v) is 36.5. The highest BCUT2D eigenvalue weighted by atomic mass is 16.5. The van der Waals surface area contributed by atoms with E-state index >= 15 is 0 Å². The van der Waals surface area contributed by atoms with Crippen LogP contribution in [0.5, 0.6) is 23.0 Å². The highest BCUT2D eigenvalue weighted by Gasteiger charge is 2.81. The maximum atomic E-state index is 12.5. The Hall–Kier alpha value is -9.40. The number of ether oxygens (including phenoxy) is 6. The van der Waals surface area contributed by atoms with Crippen LogP contribution in [0.1, 0.15) is 155 Å². The predicted molar refractivity (Wildman–Crippen MR) is 518 cm³/mol. The summed E-state index contributed by atoms with van der Waals surface area (Å²) < 4.78 is 36.1. The quantitative estimate of drug-likeness (QED) is 0.0371. The fraction of sp³-hybridized carbons (Fsp3) is 0.585. The number of benzene rings is 4. The van der Waals surface area contributed by atoms with Gasteiger partial charge in [0.15, 0.2) is 0 Å². The molecule has 0 amide bonds. The Morgan fingerprint density at radius 1 is 0.373 bits per heavy atom. The van der Waals surface area contributed by atoms with Crippen molar-refractivity contribution >= 4 is 46.5 Å². The molecule has 134 heavy (non-hydrogen) atoms. The molecule has 8 fully saturated rings. The van der Waals surface area contributed by atoms with Crippen LogP contribution < -0.4 is 38.5 Å². The molecule has 4 spiro atoms. The van der Waals surface area contributed by atoms with Crippen LogP contribution in [0.3, 0.4) is 0 Å². The number of anilines is 4. The van der Waals surface area contributed by atoms with E-state index in [-0.39, 0.29) is 108 Å². The lowest BCUT2D eigenvalue weighted by Gasteiger charge is -2.65. The van der Waals surface area contributed by atoms with Crippen molar-refractivity contribution in [3.8, 4) is 23.0 Å². The molecule has 4 saturated carbocycles. The molecule has 22 rings (SSSR count). The first-order valence-electron chi connectivity index (χ1n) is 48.3. The van der Waals surface area contributed by atoms with Crippen LogP contribution in [-0.4, -0.2) is 312 Å². The molecule has 4 aromatic carbocycles. The van der Waals surface area contributed by atoms with Gasteiger partial charge in [-0.15, -0.1) is 0 Å². The lowest BCUT2D eigenvalue weighted by atomic mass is 9.45. The Balaban J connectivity index is 0.000000130. The molecule has 16 aliphatic rings. The molecule has 2 aromatic heterocycles. The van der Waals surface area contributed by atoms with Gasteiger partial charge in [-0.3, -0.25) is 47.9 Å². The van der Waals surface area contributed by atoms with Crippen molar-refractivity contribution in [3.63, 3.8) is 0 Å². The minimum atomic E-state index is -1.62. The predicted octanol–water partition coefficient (Wildman–Crippen LogP) is 10.0. The number of hydrogen-bond donors (Lipinski definition) is 8. The monoisotopic (exact) mass is 1850 g/mol. The maximum absolute atomic E-state index is 12.5. The number of aliphatic hydroxyl groups is 8. The zero-order chi connectivity index (χ0) is 96.1. The second-order valence-corrected chi connectivity index (χ2v) is 41.1. The zero-order valence-corrected chi connectivity index (χ0v) is 81.4. The van der Waals surface area contributed by atoms with Crippen molar-refractivity contribution in [1.82, 2.24) is 28.7 Å². The summed E-state index contributed by atoms with van der Waals surface area (Å²) in [6.45, 7) is 25.3. The average Bonchev–Trinajstić information content (AvgIpc) is 1.51. The van der Waals surface area contributed by atoms with Crippen LogP contribution in [0.25, 0.3) is 0 Å². The Kier molecular flexibility index (Phi) is 25.1. The van der Waals surface area contributed by atoms with Gasteiger partial charge < -0.3 is 88.9 Å². The molecule has 6 aromatic rings. The van der Waals surface area contributed by atoms with E-state index in [0.29, 0.717) is 24.9 Å². The number of nitrogens with zero attached hydrogens (tertiary/aromatic N) is 10. The van der Waals surface area contributed by atoms with Crippen molar-refractivity contribution in [1.29, 1.82) is 0 Å². The van der Waals surface area contributed by atoms with E-state index in [0.717, 1.165) is 137 Å². The van der Waals surface area contributed by atoms with E-state index in [1.54, 1.807) is 53.2 Å².